The predicted octanol–water partition coefficient (Wildman–Crippen LogP) is 3.59. The summed E-state index contributed by atoms with van der Waals surface area (Å²) in [5.41, 5.74) is 0.681. The lowest BCUT2D eigenvalue weighted by Gasteiger charge is -2.38. The third-order valence-electron chi connectivity index (χ3n) is 7.75. The SMILES string of the molecule is CC[C@@H](CO)N1C(=O)[C@@H]2[C@@H]3C(=O)OCCCC/C=C\[C@@H]3S[C@@]23C=CCN(c2ccc(Cl)cc2)C(=O)C13. The summed E-state index contributed by atoms with van der Waals surface area (Å²) in [5.74, 6) is -2.32. The Morgan fingerprint density at radius 3 is 2.67 bits per heavy atom. The zero-order valence-electron chi connectivity index (χ0n) is 20.2. The zero-order valence-corrected chi connectivity index (χ0v) is 21.8. The van der Waals surface area contributed by atoms with Crippen molar-refractivity contribution in [3.63, 3.8) is 0 Å². The second kappa shape index (κ2) is 10.2. The van der Waals surface area contributed by atoms with Crippen LogP contribution in [0.25, 0.3) is 0 Å². The van der Waals surface area contributed by atoms with Gasteiger partial charge in [-0.15, -0.1) is 11.8 Å². The lowest BCUT2D eigenvalue weighted by atomic mass is 9.78. The topological polar surface area (TPSA) is 87.2 Å². The van der Waals surface area contributed by atoms with Crippen molar-refractivity contribution in [2.75, 3.05) is 24.7 Å². The molecule has 0 radical (unpaired) electrons. The molecule has 2 amide bonds. The molecule has 0 aromatic heterocycles. The highest BCUT2D eigenvalue weighted by Crippen LogP contribution is 2.61. The molecule has 1 unspecified atom stereocenters. The summed E-state index contributed by atoms with van der Waals surface area (Å²) in [6, 6.07) is 5.66. The first-order valence-corrected chi connectivity index (χ1v) is 13.9. The van der Waals surface area contributed by atoms with Gasteiger partial charge in [-0.25, -0.2) is 0 Å². The van der Waals surface area contributed by atoms with Crippen molar-refractivity contribution >= 4 is 46.8 Å². The van der Waals surface area contributed by atoms with Gasteiger partial charge in [-0.05, 0) is 49.9 Å². The Morgan fingerprint density at radius 1 is 1.17 bits per heavy atom. The average Bonchev–Trinajstić information content (AvgIpc) is 3.26. The van der Waals surface area contributed by atoms with Crippen molar-refractivity contribution in [2.24, 2.45) is 11.8 Å². The molecule has 1 spiro atoms. The summed E-state index contributed by atoms with van der Waals surface area (Å²) in [6.07, 6.45) is 11.1. The molecule has 4 aliphatic heterocycles. The number of hydrogen-bond acceptors (Lipinski definition) is 6. The van der Waals surface area contributed by atoms with E-state index in [0.29, 0.717) is 30.3 Å². The van der Waals surface area contributed by atoms with Gasteiger partial charge in [-0.2, -0.15) is 0 Å². The quantitative estimate of drug-likeness (QED) is 0.473. The van der Waals surface area contributed by atoms with Crippen LogP contribution < -0.4 is 4.90 Å². The number of anilines is 1. The van der Waals surface area contributed by atoms with Crippen molar-refractivity contribution in [2.45, 2.75) is 54.7 Å². The number of carbonyl (C=O) groups is 3. The first-order valence-electron chi connectivity index (χ1n) is 12.6. The Bertz CT molecular complexity index is 1090. The third-order valence-corrected chi connectivity index (χ3v) is 9.75. The number of hydrogen-bond donors (Lipinski definition) is 1. The monoisotopic (exact) mass is 530 g/mol. The Hall–Kier alpha value is -2.29. The van der Waals surface area contributed by atoms with Gasteiger partial charge in [-0.3, -0.25) is 14.4 Å². The van der Waals surface area contributed by atoms with E-state index in [-0.39, 0.29) is 29.6 Å². The Labute approximate surface area is 220 Å². The van der Waals surface area contributed by atoms with Gasteiger partial charge in [0.05, 0.1) is 35.8 Å². The van der Waals surface area contributed by atoms with Gasteiger partial charge in [0.2, 0.25) is 5.91 Å². The van der Waals surface area contributed by atoms with Gasteiger partial charge >= 0.3 is 5.97 Å². The molecular weight excluding hydrogens is 500 g/mol. The molecule has 1 aromatic carbocycles. The molecule has 9 heteroatoms. The van der Waals surface area contributed by atoms with Crippen molar-refractivity contribution in [3.05, 3.63) is 53.6 Å². The van der Waals surface area contributed by atoms with Gasteiger partial charge in [0.1, 0.15) is 6.04 Å². The fraction of sp³-hybridized carbons (Fsp3) is 0.519. The molecule has 5 rings (SSSR count). The maximum atomic E-state index is 14.3. The highest BCUT2D eigenvalue weighted by Gasteiger charge is 2.71. The van der Waals surface area contributed by atoms with Crippen LogP contribution in [-0.4, -0.2) is 69.6 Å². The molecule has 0 bridgehead atoms. The number of ether oxygens (including phenoxy) is 1. The summed E-state index contributed by atoms with van der Waals surface area (Å²) >= 11 is 7.60. The van der Waals surface area contributed by atoms with Gasteiger partial charge in [-0.1, -0.05) is 42.8 Å². The molecule has 6 atom stereocenters. The second-order valence-corrected chi connectivity index (χ2v) is 11.7. The largest absolute Gasteiger partial charge is 0.465 e. The van der Waals surface area contributed by atoms with E-state index < -0.39 is 28.7 Å². The number of fused-ring (bicyclic) bond motifs is 2. The summed E-state index contributed by atoms with van der Waals surface area (Å²) in [7, 11) is 0. The van der Waals surface area contributed by atoms with Gasteiger partial charge in [0, 0.05) is 22.5 Å². The molecule has 192 valence electrons. The third kappa shape index (κ3) is 4.07. The summed E-state index contributed by atoms with van der Waals surface area (Å²) in [5, 5.41) is 10.5. The number of thioether (sulfide) groups is 1. The molecule has 1 aromatic rings. The van der Waals surface area contributed by atoms with Crippen molar-refractivity contribution in [1.82, 2.24) is 4.90 Å². The number of amides is 2. The van der Waals surface area contributed by atoms with Crippen LogP contribution in [0.1, 0.15) is 32.6 Å². The number of esters is 1. The zero-order chi connectivity index (χ0) is 25.4. The number of likely N-dealkylation sites (tertiary alicyclic amines) is 1. The van der Waals surface area contributed by atoms with Crippen LogP contribution in [0.15, 0.2) is 48.6 Å². The van der Waals surface area contributed by atoms with Crippen LogP contribution in [0.5, 0.6) is 0 Å². The first-order chi connectivity index (χ1) is 17.4. The standard InChI is InChI=1S/C27H31ClN2O5S/c1-2-18(16-31)30-23-25(33)29(19-11-9-17(28)10-12-19)14-7-13-27(23)22(24(30)32)21-20(36-27)8-5-3-4-6-15-35-26(21)34/h5,7-13,18,20-23,31H,2-4,6,14-16H2,1H3/b8-5-/t18-,20-,21+,22-,23?,27-/m0/s1. The van der Waals surface area contributed by atoms with Gasteiger partial charge < -0.3 is 19.6 Å². The number of nitrogens with zero attached hydrogens (tertiary/aromatic N) is 2. The fourth-order valence-corrected chi connectivity index (χ4v) is 8.13. The number of rotatable bonds is 4. The van der Waals surface area contributed by atoms with Crippen LogP contribution in [0, 0.1) is 11.8 Å². The summed E-state index contributed by atoms with van der Waals surface area (Å²) in [6.45, 7) is 2.29. The average molecular weight is 531 g/mol. The number of halogens is 1. The van der Waals surface area contributed by atoms with Crippen molar-refractivity contribution in [3.8, 4) is 0 Å². The van der Waals surface area contributed by atoms with Crippen LogP contribution in [-0.2, 0) is 19.1 Å². The maximum absolute atomic E-state index is 14.3. The van der Waals surface area contributed by atoms with E-state index in [1.165, 1.54) is 11.8 Å². The van der Waals surface area contributed by atoms with Crippen molar-refractivity contribution < 1.29 is 24.2 Å². The molecular formula is C27H31ClN2O5S. The Balaban J connectivity index is 1.63. The Morgan fingerprint density at radius 2 is 1.94 bits per heavy atom. The molecule has 7 nitrogen and oxygen atoms in total. The van der Waals surface area contributed by atoms with Crippen LogP contribution in [0.2, 0.25) is 5.02 Å². The molecule has 4 aliphatic rings. The predicted molar refractivity (Wildman–Crippen MR) is 140 cm³/mol. The highest BCUT2D eigenvalue weighted by molar-refractivity contribution is 8.02. The maximum Gasteiger partial charge on any atom is 0.311 e. The first kappa shape index (κ1) is 25.4. The lowest BCUT2D eigenvalue weighted by molar-refractivity contribution is -0.153. The smallest absolute Gasteiger partial charge is 0.311 e. The van der Waals surface area contributed by atoms with E-state index >= 15 is 0 Å². The van der Waals surface area contributed by atoms with E-state index in [4.69, 9.17) is 16.3 Å². The number of benzene rings is 1. The number of cyclic esters (lactones) is 1. The minimum atomic E-state index is -0.940. The van der Waals surface area contributed by atoms with E-state index in [1.54, 1.807) is 34.1 Å². The fourth-order valence-electron chi connectivity index (χ4n) is 6.02. The van der Waals surface area contributed by atoms with Crippen LogP contribution in [0.4, 0.5) is 5.69 Å². The van der Waals surface area contributed by atoms with Crippen molar-refractivity contribution in [1.29, 1.82) is 0 Å². The molecule has 4 heterocycles. The minimum absolute atomic E-state index is 0.223. The van der Waals surface area contributed by atoms with E-state index in [0.717, 1.165) is 19.3 Å². The van der Waals surface area contributed by atoms with Gasteiger partial charge in [0.25, 0.3) is 5.91 Å². The molecule has 2 saturated heterocycles. The molecule has 1 N–H and O–H groups in total. The second-order valence-electron chi connectivity index (χ2n) is 9.75. The molecule has 0 saturated carbocycles. The molecule has 0 aliphatic carbocycles. The number of allylic oxidation sites excluding steroid dienone is 1. The minimum Gasteiger partial charge on any atom is -0.465 e. The van der Waals surface area contributed by atoms with E-state index in [9.17, 15) is 19.5 Å². The van der Waals surface area contributed by atoms with Crippen LogP contribution >= 0.6 is 23.4 Å². The van der Waals surface area contributed by atoms with Gasteiger partial charge in [0.15, 0.2) is 0 Å². The highest BCUT2D eigenvalue weighted by atomic mass is 35.5. The van der Waals surface area contributed by atoms with E-state index in [1.807, 2.05) is 25.2 Å². The summed E-state index contributed by atoms with van der Waals surface area (Å²) < 4.78 is 4.70. The Kier molecular flexibility index (Phi) is 7.21. The number of aliphatic hydroxyl groups excluding tert-OH is 1. The normalized spacial score (nSPS) is 33.9. The number of carbonyl (C=O) groups excluding carboxylic acids is 3. The van der Waals surface area contributed by atoms with Crippen LogP contribution in [0.3, 0.4) is 0 Å². The van der Waals surface area contributed by atoms with E-state index in [2.05, 4.69) is 6.08 Å². The lowest BCUT2D eigenvalue weighted by Crippen LogP contribution is -2.56. The summed E-state index contributed by atoms with van der Waals surface area (Å²) in [4.78, 5) is 45.0. The number of aliphatic hydroxyl groups is 1. The molecule has 36 heavy (non-hydrogen) atoms. The molecule has 2 fully saturated rings.